The third-order valence-corrected chi connectivity index (χ3v) is 4.12. The van der Waals surface area contributed by atoms with E-state index in [4.69, 9.17) is 0 Å². The summed E-state index contributed by atoms with van der Waals surface area (Å²) in [6.07, 6.45) is 8.11. The molecule has 0 spiro atoms. The van der Waals surface area contributed by atoms with E-state index in [1.807, 2.05) is 6.07 Å². The van der Waals surface area contributed by atoms with Gasteiger partial charge >= 0.3 is 0 Å². The van der Waals surface area contributed by atoms with Crippen LogP contribution in [0.3, 0.4) is 0 Å². The maximum atomic E-state index is 12.2. The van der Waals surface area contributed by atoms with Gasteiger partial charge in [0.1, 0.15) is 0 Å². The molecule has 0 radical (unpaired) electrons. The zero-order valence-electron chi connectivity index (χ0n) is 12.1. The summed E-state index contributed by atoms with van der Waals surface area (Å²) in [5.74, 6) is 0.566. The summed E-state index contributed by atoms with van der Waals surface area (Å²) in [4.78, 5) is 16.2. The van der Waals surface area contributed by atoms with E-state index in [0.717, 1.165) is 6.42 Å². The second kappa shape index (κ2) is 5.72. The standard InChI is InChI=1S/C16H24N2O/c1-16(2,3)13-8-4-5-9-14(13)18-15(19)12-7-6-10-17-11-12/h6-7,10-11,13-14H,4-5,8-9H2,1-3H3,(H,18,19)/t13-,14+/m1/s1. The van der Waals surface area contributed by atoms with Crippen molar-refractivity contribution < 1.29 is 4.79 Å². The molecule has 3 nitrogen and oxygen atoms in total. The molecule has 1 amide bonds. The molecular weight excluding hydrogens is 236 g/mol. The zero-order valence-corrected chi connectivity index (χ0v) is 12.1. The van der Waals surface area contributed by atoms with Crippen molar-refractivity contribution in [3.63, 3.8) is 0 Å². The van der Waals surface area contributed by atoms with Gasteiger partial charge in [0.05, 0.1) is 5.56 Å². The van der Waals surface area contributed by atoms with Gasteiger partial charge < -0.3 is 5.32 Å². The number of hydrogen-bond donors (Lipinski definition) is 1. The molecule has 0 unspecified atom stereocenters. The highest BCUT2D eigenvalue weighted by Crippen LogP contribution is 2.38. The first-order valence-corrected chi connectivity index (χ1v) is 7.19. The molecule has 104 valence electrons. The summed E-state index contributed by atoms with van der Waals surface area (Å²) < 4.78 is 0. The number of carbonyl (C=O) groups is 1. The Balaban J connectivity index is 2.06. The van der Waals surface area contributed by atoms with Gasteiger partial charge in [-0.3, -0.25) is 9.78 Å². The lowest BCUT2D eigenvalue weighted by Gasteiger charge is -2.40. The van der Waals surface area contributed by atoms with Crippen LogP contribution in [-0.2, 0) is 0 Å². The van der Waals surface area contributed by atoms with Gasteiger partial charge in [0.15, 0.2) is 0 Å². The van der Waals surface area contributed by atoms with Gasteiger partial charge in [-0.15, -0.1) is 0 Å². The number of nitrogens with one attached hydrogen (secondary N) is 1. The van der Waals surface area contributed by atoms with Crippen LogP contribution >= 0.6 is 0 Å². The van der Waals surface area contributed by atoms with Crippen LogP contribution in [0.5, 0.6) is 0 Å². The number of hydrogen-bond acceptors (Lipinski definition) is 2. The maximum Gasteiger partial charge on any atom is 0.253 e. The average Bonchev–Trinajstić information content (AvgIpc) is 2.39. The monoisotopic (exact) mass is 260 g/mol. The first-order valence-electron chi connectivity index (χ1n) is 7.19. The molecule has 1 aliphatic carbocycles. The predicted octanol–water partition coefficient (Wildman–Crippen LogP) is 3.42. The minimum Gasteiger partial charge on any atom is -0.349 e. The molecule has 1 heterocycles. The van der Waals surface area contributed by atoms with Gasteiger partial charge in [0.2, 0.25) is 0 Å². The van der Waals surface area contributed by atoms with Crippen molar-refractivity contribution in [2.75, 3.05) is 0 Å². The van der Waals surface area contributed by atoms with E-state index in [2.05, 4.69) is 31.1 Å². The Morgan fingerprint density at radius 3 is 2.68 bits per heavy atom. The van der Waals surface area contributed by atoms with Crippen molar-refractivity contribution in [1.82, 2.24) is 10.3 Å². The Labute approximate surface area is 115 Å². The Morgan fingerprint density at radius 2 is 2.05 bits per heavy atom. The predicted molar refractivity (Wildman–Crippen MR) is 76.9 cm³/mol. The van der Waals surface area contributed by atoms with Crippen LogP contribution in [0.15, 0.2) is 24.5 Å². The second-order valence-corrected chi connectivity index (χ2v) is 6.58. The minimum absolute atomic E-state index is 0.00856. The number of pyridine rings is 1. The van der Waals surface area contributed by atoms with Crippen molar-refractivity contribution in [1.29, 1.82) is 0 Å². The van der Waals surface area contributed by atoms with E-state index in [1.165, 1.54) is 19.3 Å². The largest absolute Gasteiger partial charge is 0.349 e. The molecule has 19 heavy (non-hydrogen) atoms. The highest BCUT2D eigenvalue weighted by molar-refractivity contribution is 5.94. The number of nitrogens with zero attached hydrogens (tertiary/aromatic N) is 1. The highest BCUT2D eigenvalue weighted by atomic mass is 16.1. The van der Waals surface area contributed by atoms with E-state index >= 15 is 0 Å². The SMILES string of the molecule is CC(C)(C)[C@@H]1CCCC[C@@H]1NC(=O)c1cccnc1. The van der Waals surface area contributed by atoms with Gasteiger partial charge in [-0.05, 0) is 36.3 Å². The summed E-state index contributed by atoms with van der Waals surface area (Å²) in [6, 6.07) is 3.91. The molecular formula is C16H24N2O. The quantitative estimate of drug-likeness (QED) is 0.885. The fraction of sp³-hybridized carbons (Fsp3) is 0.625. The van der Waals surface area contributed by atoms with Crippen LogP contribution in [0.4, 0.5) is 0 Å². The molecule has 1 N–H and O–H groups in total. The van der Waals surface area contributed by atoms with Crippen LogP contribution < -0.4 is 5.32 Å². The van der Waals surface area contributed by atoms with Gasteiger partial charge in [0, 0.05) is 18.4 Å². The van der Waals surface area contributed by atoms with Gasteiger partial charge in [0.25, 0.3) is 5.91 Å². The van der Waals surface area contributed by atoms with Crippen molar-refractivity contribution in [3.05, 3.63) is 30.1 Å². The van der Waals surface area contributed by atoms with Gasteiger partial charge in [-0.2, -0.15) is 0 Å². The molecule has 1 aliphatic rings. The third kappa shape index (κ3) is 3.55. The first-order chi connectivity index (χ1) is 8.98. The molecule has 1 fully saturated rings. The summed E-state index contributed by atoms with van der Waals surface area (Å²) in [5.41, 5.74) is 0.897. The molecule has 2 atom stereocenters. The molecule has 1 aromatic heterocycles. The molecule has 0 saturated heterocycles. The van der Waals surface area contributed by atoms with E-state index in [-0.39, 0.29) is 11.3 Å². The average molecular weight is 260 g/mol. The van der Waals surface area contributed by atoms with Crippen LogP contribution in [0.2, 0.25) is 0 Å². The number of rotatable bonds is 2. The Hall–Kier alpha value is -1.38. The Kier molecular flexibility index (Phi) is 4.23. The summed E-state index contributed by atoms with van der Waals surface area (Å²) >= 11 is 0. The Morgan fingerprint density at radius 1 is 1.32 bits per heavy atom. The molecule has 1 saturated carbocycles. The minimum atomic E-state index is 0.00856. The summed E-state index contributed by atoms with van der Waals surface area (Å²) in [7, 11) is 0. The molecule has 1 aromatic rings. The van der Waals surface area contributed by atoms with E-state index in [1.54, 1.807) is 18.5 Å². The fourth-order valence-electron chi connectivity index (χ4n) is 3.09. The molecule has 2 rings (SSSR count). The topological polar surface area (TPSA) is 42.0 Å². The van der Waals surface area contributed by atoms with Crippen molar-refractivity contribution in [2.24, 2.45) is 11.3 Å². The zero-order chi connectivity index (χ0) is 13.9. The molecule has 0 bridgehead atoms. The van der Waals surface area contributed by atoms with Gasteiger partial charge in [-0.1, -0.05) is 33.6 Å². The van der Waals surface area contributed by atoms with Gasteiger partial charge in [-0.25, -0.2) is 0 Å². The van der Waals surface area contributed by atoms with Crippen molar-refractivity contribution in [3.8, 4) is 0 Å². The Bertz CT molecular complexity index is 422. The molecule has 0 aliphatic heterocycles. The lowest BCUT2D eigenvalue weighted by molar-refractivity contribution is 0.0829. The van der Waals surface area contributed by atoms with Crippen molar-refractivity contribution in [2.45, 2.75) is 52.5 Å². The first kappa shape index (κ1) is 14.0. The third-order valence-electron chi connectivity index (χ3n) is 4.12. The van der Waals surface area contributed by atoms with Crippen molar-refractivity contribution >= 4 is 5.91 Å². The number of amides is 1. The molecule has 3 heteroatoms. The molecule has 0 aromatic carbocycles. The summed E-state index contributed by atoms with van der Waals surface area (Å²) in [6.45, 7) is 6.81. The van der Waals surface area contributed by atoms with E-state index in [0.29, 0.717) is 17.5 Å². The normalized spacial score (nSPS) is 23.9. The van der Waals surface area contributed by atoms with E-state index in [9.17, 15) is 4.79 Å². The van der Waals surface area contributed by atoms with E-state index < -0.39 is 0 Å². The lowest BCUT2D eigenvalue weighted by Crippen LogP contribution is -2.46. The number of carbonyl (C=O) groups excluding carboxylic acids is 1. The smallest absolute Gasteiger partial charge is 0.253 e. The highest BCUT2D eigenvalue weighted by Gasteiger charge is 2.34. The van der Waals surface area contributed by atoms with Crippen LogP contribution in [0, 0.1) is 11.3 Å². The maximum absolute atomic E-state index is 12.2. The number of aromatic nitrogens is 1. The van der Waals surface area contributed by atoms with Crippen LogP contribution in [-0.4, -0.2) is 16.9 Å². The van der Waals surface area contributed by atoms with Crippen LogP contribution in [0.1, 0.15) is 56.8 Å². The second-order valence-electron chi connectivity index (χ2n) is 6.58. The fourth-order valence-corrected chi connectivity index (χ4v) is 3.09. The summed E-state index contributed by atoms with van der Waals surface area (Å²) in [5, 5.41) is 3.21. The van der Waals surface area contributed by atoms with Crippen LogP contribution in [0.25, 0.3) is 0 Å². The lowest BCUT2D eigenvalue weighted by atomic mass is 9.69.